The van der Waals surface area contributed by atoms with Gasteiger partial charge in [0.05, 0.1) is 0 Å². The average molecular weight is 612 g/mol. The number of ether oxygens (including phenoxy) is 2. The summed E-state index contributed by atoms with van der Waals surface area (Å²) in [7, 11) is 0. The lowest BCUT2D eigenvalue weighted by atomic mass is 9.75. The number of rotatable bonds is 6. The topological polar surface area (TPSA) is 35.5 Å². The molecule has 3 nitrogen and oxygen atoms in total. The zero-order valence-corrected chi connectivity index (χ0v) is 26.0. The highest BCUT2D eigenvalue weighted by Crippen LogP contribution is 2.44. The third-order valence-electron chi connectivity index (χ3n) is 9.24. The fraction of sp³-hybridized carbons (Fsp3) is 0.378. The van der Waals surface area contributed by atoms with Gasteiger partial charge in [-0.25, -0.2) is 4.79 Å². The van der Waals surface area contributed by atoms with Crippen LogP contribution in [-0.4, -0.2) is 12.1 Å². The summed E-state index contributed by atoms with van der Waals surface area (Å²) in [6, 6.07) is 26.9. The minimum atomic E-state index is -0.316. The lowest BCUT2D eigenvalue weighted by Crippen LogP contribution is -2.36. The van der Waals surface area contributed by atoms with Gasteiger partial charge in [0.15, 0.2) is 0 Å². The van der Waals surface area contributed by atoms with Crippen molar-refractivity contribution in [1.29, 1.82) is 0 Å². The Kier molecular flexibility index (Phi) is 7.96. The van der Waals surface area contributed by atoms with Gasteiger partial charge >= 0.3 is 5.97 Å². The monoisotopic (exact) mass is 610 g/mol. The molecule has 0 aliphatic heterocycles. The van der Waals surface area contributed by atoms with E-state index in [4.69, 9.17) is 9.47 Å². The van der Waals surface area contributed by atoms with Crippen LogP contribution in [0.2, 0.25) is 0 Å². The van der Waals surface area contributed by atoms with Crippen LogP contribution in [0.5, 0.6) is 5.75 Å². The molecule has 0 aromatic heterocycles. The largest absolute Gasteiger partial charge is 0.489 e. The third-order valence-corrected chi connectivity index (χ3v) is 9.73. The van der Waals surface area contributed by atoms with Crippen LogP contribution < -0.4 is 4.74 Å². The molecule has 0 amide bonds. The summed E-state index contributed by atoms with van der Waals surface area (Å²) in [6.07, 6.45) is 4.05. The van der Waals surface area contributed by atoms with Crippen LogP contribution in [0.3, 0.4) is 0 Å². The number of carbonyl (C=O) groups excluding carboxylic acids is 1. The summed E-state index contributed by atoms with van der Waals surface area (Å²) in [5, 5.41) is 2.30. The number of halogens is 1. The molecule has 1 saturated carbocycles. The van der Waals surface area contributed by atoms with Gasteiger partial charge in [-0.2, -0.15) is 0 Å². The summed E-state index contributed by atoms with van der Waals surface area (Å²) in [5.74, 6) is 2.09. The summed E-state index contributed by atoms with van der Waals surface area (Å²) < 4.78 is 14.3. The summed E-state index contributed by atoms with van der Waals surface area (Å²) in [6.45, 7) is 9.06. The van der Waals surface area contributed by atoms with E-state index in [2.05, 4.69) is 86.1 Å². The van der Waals surface area contributed by atoms with E-state index in [1.54, 1.807) is 0 Å². The van der Waals surface area contributed by atoms with Crippen molar-refractivity contribution in [3.8, 4) is 16.9 Å². The molecule has 4 aromatic carbocycles. The zero-order chi connectivity index (χ0) is 28.7. The van der Waals surface area contributed by atoms with E-state index < -0.39 is 0 Å². The van der Waals surface area contributed by atoms with Crippen LogP contribution in [0.1, 0.15) is 74.5 Å². The van der Waals surface area contributed by atoms with Gasteiger partial charge in [-0.1, -0.05) is 105 Å². The molecule has 2 aliphatic rings. The van der Waals surface area contributed by atoms with Crippen molar-refractivity contribution < 1.29 is 14.3 Å². The molecule has 1 fully saturated rings. The van der Waals surface area contributed by atoms with Crippen LogP contribution in [0.4, 0.5) is 0 Å². The van der Waals surface area contributed by atoms with Crippen molar-refractivity contribution in [3.63, 3.8) is 0 Å². The minimum absolute atomic E-state index is 0.0739. The molecule has 0 heterocycles. The SMILES string of the molecule is CC(C)[C@@H]1CC[C@@H](C)C[C@H]1Oc1cc(-c2ccccc2)ccc1C(=O)O[C@@H]1c2c(ccc3cc(Br)ccc23)C[C@@H]1C. The number of fused-ring (bicyclic) bond motifs is 3. The summed E-state index contributed by atoms with van der Waals surface area (Å²) in [4.78, 5) is 14.0. The highest BCUT2D eigenvalue weighted by molar-refractivity contribution is 9.10. The van der Waals surface area contributed by atoms with Crippen molar-refractivity contribution in [2.24, 2.45) is 23.7 Å². The van der Waals surface area contributed by atoms with Crippen molar-refractivity contribution >= 4 is 32.7 Å². The van der Waals surface area contributed by atoms with Gasteiger partial charge in [-0.05, 0) is 88.7 Å². The highest BCUT2D eigenvalue weighted by Gasteiger charge is 2.36. The van der Waals surface area contributed by atoms with E-state index in [1.165, 1.54) is 12.0 Å². The number of benzene rings is 4. The highest BCUT2D eigenvalue weighted by atomic mass is 79.9. The summed E-state index contributed by atoms with van der Waals surface area (Å²) >= 11 is 3.60. The second-order valence-electron chi connectivity index (χ2n) is 12.6. The Hall–Kier alpha value is -3.11. The van der Waals surface area contributed by atoms with Crippen molar-refractivity contribution in [2.75, 3.05) is 0 Å². The molecular weight excluding hydrogens is 572 g/mol. The maximum Gasteiger partial charge on any atom is 0.342 e. The van der Waals surface area contributed by atoms with Crippen molar-refractivity contribution in [2.45, 2.75) is 65.6 Å². The van der Waals surface area contributed by atoms with Crippen LogP contribution in [0.15, 0.2) is 83.3 Å². The fourth-order valence-corrected chi connectivity index (χ4v) is 7.37. The summed E-state index contributed by atoms with van der Waals surface area (Å²) in [5.41, 5.74) is 5.05. The Morgan fingerprint density at radius 2 is 1.71 bits per heavy atom. The average Bonchev–Trinajstić information content (AvgIpc) is 3.28. The molecule has 4 heteroatoms. The Labute approximate surface area is 252 Å². The second kappa shape index (κ2) is 11.6. The molecule has 4 aromatic rings. The predicted octanol–water partition coefficient (Wildman–Crippen LogP) is 10.2. The molecule has 41 heavy (non-hydrogen) atoms. The van der Waals surface area contributed by atoms with Crippen molar-refractivity contribution in [3.05, 3.63) is 100 Å². The van der Waals surface area contributed by atoms with E-state index in [1.807, 2.05) is 36.4 Å². The molecule has 6 rings (SSSR count). The van der Waals surface area contributed by atoms with Gasteiger partial charge in [0, 0.05) is 16.0 Å². The third kappa shape index (κ3) is 5.68. The molecule has 0 bridgehead atoms. The first-order valence-electron chi connectivity index (χ1n) is 15.1. The second-order valence-corrected chi connectivity index (χ2v) is 13.5. The normalized spacial score (nSPS) is 23.9. The first-order valence-corrected chi connectivity index (χ1v) is 15.9. The number of esters is 1. The van der Waals surface area contributed by atoms with E-state index >= 15 is 0 Å². The standard InChI is InChI=1S/C37H39BrO3/c1-22(2)30-15-10-23(3)18-33(30)40-34-21-26(25-8-6-5-7-9-25)13-16-32(34)37(39)41-36-24(4)19-28-12-11-27-20-29(38)14-17-31(27)35(28)36/h5-9,11-14,16-17,20-24,30,33,36H,10,15,18-19H2,1-4H3/t23-,24+,30+,33-,36+/m1/s1. The van der Waals surface area contributed by atoms with Crippen molar-refractivity contribution in [1.82, 2.24) is 0 Å². The molecular formula is C37H39BrO3. The molecule has 0 unspecified atom stereocenters. The van der Waals surface area contributed by atoms with Crippen LogP contribution in [0.25, 0.3) is 21.9 Å². The lowest BCUT2D eigenvalue weighted by molar-refractivity contribution is 0.0174. The molecule has 0 spiro atoms. The Morgan fingerprint density at radius 3 is 2.49 bits per heavy atom. The Balaban J connectivity index is 1.36. The minimum Gasteiger partial charge on any atom is -0.489 e. The van der Waals surface area contributed by atoms with E-state index in [9.17, 15) is 4.79 Å². The Bertz CT molecular complexity index is 1560. The maximum atomic E-state index is 14.0. The van der Waals surface area contributed by atoms with Crippen LogP contribution in [-0.2, 0) is 11.2 Å². The molecule has 212 valence electrons. The first-order chi connectivity index (χ1) is 19.8. The van der Waals surface area contributed by atoms with Crippen LogP contribution >= 0.6 is 15.9 Å². The quantitative estimate of drug-likeness (QED) is 0.204. The predicted molar refractivity (Wildman–Crippen MR) is 170 cm³/mol. The number of hydrogen-bond acceptors (Lipinski definition) is 3. The fourth-order valence-electron chi connectivity index (χ4n) is 6.99. The van der Waals surface area contributed by atoms with Gasteiger partial charge in [0.1, 0.15) is 23.5 Å². The molecule has 5 atom stereocenters. The van der Waals surface area contributed by atoms with E-state index in [0.717, 1.165) is 51.2 Å². The van der Waals surface area contributed by atoms with Gasteiger partial charge in [0.2, 0.25) is 0 Å². The molecule has 0 radical (unpaired) electrons. The van der Waals surface area contributed by atoms with E-state index in [-0.39, 0.29) is 24.1 Å². The van der Waals surface area contributed by atoms with Gasteiger partial charge in [0.25, 0.3) is 0 Å². The lowest BCUT2D eigenvalue weighted by Gasteiger charge is -2.37. The Morgan fingerprint density at radius 1 is 0.902 bits per heavy atom. The van der Waals surface area contributed by atoms with E-state index in [0.29, 0.717) is 29.1 Å². The zero-order valence-electron chi connectivity index (χ0n) is 24.4. The first kappa shape index (κ1) is 28.0. The van der Waals surface area contributed by atoms with Gasteiger partial charge in [-0.3, -0.25) is 0 Å². The number of carbonyl (C=O) groups is 1. The molecule has 2 aliphatic carbocycles. The van der Waals surface area contributed by atoms with Gasteiger partial charge < -0.3 is 9.47 Å². The smallest absolute Gasteiger partial charge is 0.342 e. The molecule has 0 N–H and O–H groups in total. The van der Waals surface area contributed by atoms with Crippen LogP contribution in [0, 0.1) is 23.7 Å². The maximum absolute atomic E-state index is 14.0. The number of hydrogen-bond donors (Lipinski definition) is 0. The van der Waals surface area contributed by atoms with Gasteiger partial charge in [-0.15, -0.1) is 0 Å². The molecule has 0 saturated heterocycles.